The largest absolute Gasteiger partial charge is 1.00 e. The zero-order valence-corrected chi connectivity index (χ0v) is 50.9. The number of hydrogen-bond acceptors (Lipinski definition) is 21. The summed E-state index contributed by atoms with van der Waals surface area (Å²) < 4.78 is 148. The molecule has 30 heteroatoms. The van der Waals surface area contributed by atoms with Crippen molar-refractivity contribution in [2.75, 3.05) is 14.2 Å². The Labute approximate surface area is 515 Å². The summed E-state index contributed by atoms with van der Waals surface area (Å²) in [4.78, 5) is -2.01. The Morgan fingerprint density at radius 1 is 0.430 bits per heavy atom. The van der Waals surface area contributed by atoms with Gasteiger partial charge in [0.05, 0.1) is 58.1 Å². The Hall–Kier alpha value is -8.72. The molecule has 86 heavy (non-hydrogen) atoms. The standard InChI is InChI=1S/C56H46N10O15S4.Na/c1-35-27-51(53(80-3)33-49(35)61-59-43-7-5-9-47(29-43)82(68,69)70)63-57-41-21-13-37(14-22-41)11-17-39-19-25-45(31-55(39)84(74,75)76)65-66(67)46-26-20-40(56(32-46)85(77,78)79)18-12-38-15-23-42(24-16-38)58-64-52-28-36(2)50(34-54(52)81-4)62-60-44-8-6-10-48(30-44)83(71,72)73;/h5-34H,1-4H3,(H,68,69,70)(H,71,72,73)(H,74,75,76)(H,77,78,79);/q;+1/p-1/b17-11+,18-12+,61-59?,62-60?,63-57?,64-58?,66-65?;. The van der Waals surface area contributed by atoms with E-state index in [-0.39, 0.29) is 73.2 Å². The predicted octanol–water partition coefficient (Wildman–Crippen LogP) is 11.9. The average molecular weight is 1250 g/mol. The molecule has 0 unspecified atom stereocenters. The van der Waals surface area contributed by atoms with Crippen LogP contribution >= 0.6 is 0 Å². The smallest absolute Gasteiger partial charge is 0.744 e. The van der Waals surface area contributed by atoms with Gasteiger partial charge in [-0.1, -0.05) is 71.6 Å². The first-order chi connectivity index (χ1) is 40.2. The molecule has 0 heterocycles. The SMILES string of the molecule is COc1cc(N=Nc2cccc(S(=O)(=O)[O-])c2)c(C)cc1N=Nc1ccc(/C=C/c2ccc([N+]([O-])=Nc3ccc(/C=C/c4ccc(N=Nc5cc(C)c(N=Nc6cccc(S(=O)(=O)O)c6)cc5OC)cc4)c(S(=O)(=O)O)c3)cc2S(=O)(=O)O)cc1.[Na+]. The molecule has 0 fully saturated rings. The van der Waals surface area contributed by atoms with Crippen LogP contribution in [0.5, 0.6) is 11.5 Å². The van der Waals surface area contributed by atoms with E-state index in [0.29, 0.717) is 67.9 Å². The van der Waals surface area contributed by atoms with E-state index in [1.165, 1.54) is 93.1 Å². The molecule has 0 atom stereocenters. The molecule has 0 saturated carbocycles. The Bertz CT molecular complexity index is 4600. The van der Waals surface area contributed by atoms with Gasteiger partial charge >= 0.3 is 29.6 Å². The molecule has 8 aromatic rings. The molecule has 0 spiro atoms. The maximum atomic E-state index is 13.3. The maximum Gasteiger partial charge on any atom is 1.00 e. The summed E-state index contributed by atoms with van der Waals surface area (Å²) in [7, 11) is -16.1. The minimum absolute atomic E-state index is 0. The van der Waals surface area contributed by atoms with E-state index in [1.807, 2.05) is 0 Å². The predicted molar refractivity (Wildman–Crippen MR) is 311 cm³/mol. The van der Waals surface area contributed by atoms with Crippen LogP contribution in [-0.4, -0.2) is 71.0 Å². The van der Waals surface area contributed by atoms with Crippen LogP contribution in [0, 0.1) is 19.1 Å². The topological polar surface area (TPSA) is 376 Å². The zero-order valence-electron chi connectivity index (χ0n) is 45.7. The summed E-state index contributed by atoms with van der Waals surface area (Å²) in [6.07, 6.45) is 5.88. The van der Waals surface area contributed by atoms with Crippen LogP contribution in [0.4, 0.5) is 56.9 Å². The van der Waals surface area contributed by atoms with Crippen LogP contribution in [0.1, 0.15) is 33.4 Å². The Morgan fingerprint density at radius 3 is 1.28 bits per heavy atom. The van der Waals surface area contributed by atoms with E-state index in [9.17, 15) is 57.1 Å². The van der Waals surface area contributed by atoms with Gasteiger partial charge in [0.25, 0.3) is 30.4 Å². The van der Waals surface area contributed by atoms with Crippen LogP contribution in [0.25, 0.3) is 24.3 Å². The molecule has 0 aliphatic carbocycles. The number of benzene rings is 8. The van der Waals surface area contributed by atoms with E-state index in [0.717, 1.165) is 24.3 Å². The van der Waals surface area contributed by atoms with Crippen molar-refractivity contribution >= 4 is 122 Å². The van der Waals surface area contributed by atoms with Gasteiger partial charge in [0, 0.05) is 29.4 Å². The number of hydrogen-bond donors (Lipinski definition) is 3. The first-order valence-corrected chi connectivity index (χ1v) is 30.1. The summed E-state index contributed by atoms with van der Waals surface area (Å²) in [5, 5.41) is 50.8. The van der Waals surface area contributed by atoms with Gasteiger partial charge in [-0.2, -0.15) is 55.9 Å². The van der Waals surface area contributed by atoms with Crippen molar-refractivity contribution in [2.24, 2.45) is 46.0 Å². The molecule has 0 amide bonds. The first-order valence-electron chi connectivity index (χ1n) is 24.4. The van der Waals surface area contributed by atoms with Crippen LogP contribution < -0.4 is 39.0 Å². The van der Waals surface area contributed by atoms with Crippen LogP contribution in [0.3, 0.4) is 0 Å². The fraction of sp³-hybridized carbons (Fsp3) is 0.0714. The summed E-state index contributed by atoms with van der Waals surface area (Å²) in [6, 6.07) is 36.9. The van der Waals surface area contributed by atoms with Crippen molar-refractivity contribution in [3.8, 4) is 11.5 Å². The molecule has 0 bridgehead atoms. The van der Waals surface area contributed by atoms with Crippen LogP contribution in [-0.2, 0) is 40.5 Å². The Kier molecular flexibility index (Phi) is 20.8. The average Bonchev–Trinajstić information content (AvgIpc) is 2.91. The van der Waals surface area contributed by atoms with E-state index in [1.54, 1.807) is 92.7 Å². The van der Waals surface area contributed by atoms with Gasteiger partial charge in [-0.3, -0.25) is 13.7 Å². The number of azo groups is 5. The van der Waals surface area contributed by atoms with Gasteiger partial charge in [-0.25, -0.2) is 8.42 Å². The third kappa shape index (κ3) is 17.2. The molecule has 0 aromatic heterocycles. The first kappa shape index (κ1) is 64.8. The summed E-state index contributed by atoms with van der Waals surface area (Å²) >= 11 is 0. The summed E-state index contributed by atoms with van der Waals surface area (Å²) in [5.41, 5.74) is 4.49. The van der Waals surface area contributed by atoms with E-state index in [2.05, 4.69) is 46.0 Å². The van der Waals surface area contributed by atoms with Crippen LogP contribution in [0.2, 0.25) is 0 Å². The Morgan fingerprint density at radius 2 is 0.837 bits per heavy atom. The van der Waals surface area contributed by atoms with Crippen molar-refractivity contribution in [3.63, 3.8) is 0 Å². The van der Waals surface area contributed by atoms with Crippen LogP contribution in [0.15, 0.2) is 223 Å². The fourth-order valence-electron chi connectivity index (χ4n) is 7.67. The third-order valence-corrected chi connectivity index (χ3v) is 15.5. The molecule has 8 aromatic carbocycles. The quantitative estimate of drug-likeness (QED) is 0.0159. The molecule has 3 N–H and O–H groups in total. The van der Waals surface area contributed by atoms with Gasteiger partial charge in [0.15, 0.2) is 0 Å². The number of nitrogens with zero attached hydrogens (tertiary/aromatic N) is 10. The molecule has 434 valence electrons. The molecule has 25 nitrogen and oxygen atoms in total. The van der Waals surface area contributed by atoms with E-state index >= 15 is 0 Å². The van der Waals surface area contributed by atoms with Gasteiger partial charge in [-0.05, 0) is 138 Å². The third-order valence-electron chi connectivity index (χ3n) is 12.0. The number of rotatable bonds is 20. The molecule has 8 rings (SSSR count). The van der Waals surface area contributed by atoms with Crippen molar-refractivity contribution in [1.82, 2.24) is 0 Å². The second kappa shape index (κ2) is 27.5. The molecular weight excluding hydrogens is 1200 g/mol. The Balaban J connectivity index is 0.0000106. The van der Waals surface area contributed by atoms with Crippen molar-refractivity contribution in [3.05, 3.63) is 196 Å². The van der Waals surface area contributed by atoms with Gasteiger partial charge in [0.2, 0.25) is 5.69 Å². The van der Waals surface area contributed by atoms with E-state index < -0.39 is 55.2 Å². The van der Waals surface area contributed by atoms with Gasteiger partial charge in [0.1, 0.15) is 48.5 Å². The molecule has 0 radical (unpaired) electrons. The minimum atomic E-state index is -4.93. The van der Waals surface area contributed by atoms with Gasteiger partial charge in [-0.15, -0.1) is 10.2 Å². The maximum absolute atomic E-state index is 13.3. The summed E-state index contributed by atoms with van der Waals surface area (Å²) in [5.74, 6) is 0.595. The second-order valence-corrected chi connectivity index (χ2v) is 23.5. The van der Waals surface area contributed by atoms with Crippen molar-refractivity contribution < 1.29 is 95.8 Å². The number of methoxy groups -OCH3 is 2. The number of ether oxygens (including phenoxy) is 2. The number of aryl methyl sites for hydroxylation is 2. The zero-order chi connectivity index (χ0) is 61.3. The molecule has 0 aliphatic heterocycles. The molecular formula is C56H45N10NaO15S4. The van der Waals surface area contributed by atoms with Crippen molar-refractivity contribution in [1.29, 1.82) is 0 Å². The minimum Gasteiger partial charge on any atom is -0.744 e. The fourth-order valence-corrected chi connectivity index (χ4v) is 10.1. The van der Waals surface area contributed by atoms with Gasteiger partial charge < -0.3 is 19.2 Å². The van der Waals surface area contributed by atoms with E-state index in [4.69, 9.17) is 9.47 Å². The summed E-state index contributed by atoms with van der Waals surface area (Å²) in [6.45, 7) is 3.48. The second-order valence-electron chi connectivity index (χ2n) is 18.0. The molecule has 0 saturated heterocycles. The monoisotopic (exact) mass is 1250 g/mol. The molecule has 0 aliphatic rings. The van der Waals surface area contributed by atoms with Crippen molar-refractivity contribution in [2.45, 2.75) is 33.4 Å². The normalized spacial score (nSPS) is 12.8.